The van der Waals surface area contributed by atoms with Gasteiger partial charge in [-0.2, -0.15) is 0 Å². The van der Waals surface area contributed by atoms with E-state index in [1.54, 1.807) is 18.2 Å². The molecule has 0 unspecified atom stereocenters. The lowest BCUT2D eigenvalue weighted by atomic mass is 10.4. The third-order valence-corrected chi connectivity index (χ3v) is 4.72. The van der Waals surface area contributed by atoms with E-state index in [-0.39, 0.29) is 18.0 Å². The highest BCUT2D eigenvalue weighted by Crippen LogP contribution is 2.16. The Balaban J connectivity index is 2.03. The van der Waals surface area contributed by atoms with E-state index in [0.29, 0.717) is 0 Å². The summed E-state index contributed by atoms with van der Waals surface area (Å²) in [7, 11) is -3.55. The van der Waals surface area contributed by atoms with Crippen LogP contribution in [0.2, 0.25) is 0 Å². The fourth-order valence-corrected chi connectivity index (χ4v) is 3.31. The summed E-state index contributed by atoms with van der Waals surface area (Å²) in [6, 6.07) is 6.66. The lowest BCUT2D eigenvalue weighted by molar-refractivity contribution is 0.350. The van der Waals surface area contributed by atoms with Crippen molar-refractivity contribution in [1.29, 1.82) is 0 Å². The fourth-order valence-electron chi connectivity index (χ4n) is 1.42. The molecule has 0 aliphatic carbocycles. The molecule has 0 amide bonds. The summed E-state index contributed by atoms with van der Waals surface area (Å²) >= 11 is 1.38. The van der Waals surface area contributed by atoms with Crippen LogP contribution in [0, 0.1) is 11.8 Å². The van der Waals surface area contributed by atoms with Gasteiger partial charge in [0.25, 0.3) is 0 Å². The minimum absolute atomic E-state index is 0.136. The van der Waals surface area contributed by atoms with Crippen molar-refractivity contribution in [1.82, 2.24) is 9.71 Å². The number of hydrogen-bond donors (Lipinski definition) is 2. The van der Waals surface area contributed by atoms with E-state index in [0.717, 1.165) is 9.75 Å². The predicted octanol–water partition coefficient (Wildman–Crippen LogP) is 0.965. The molecule has 7 heteroatoms. The number of aliphatic hydroxyl groups is 1. The van der Waals surface area contributed by atoms with Crippen molar-refractivity contribution in [2.75, 3.05) is 6.61 Å². The van der Waals surface area contributed by atoms with E-state index in [4.69, 9.17) is 5.11 Å². The second-order valence-corrected chi connectivity index (χ2v) is 6.67. The fraction of sp³-hybridized carbons (Fsp3) is 0.154. The number of thiophene rings is 1. The summed E-state index contributed by atoms with van der Waals surface area (Å²) in [6.45, 7) is 0.00354. The smallest absolute Gasteiger partial charge is 0.242 e. The second kappa shape index (κ2) is 6.63. The van der Waals surface area contributed by atoms with E-state index < -0.39 is 10.0 Å². The molecular formula is C13H12N2O3S2. The maximum Gasteiger partial charge on any atom is 0.242 e. The standard InChI is InChI=1S/C13H12N2O3S2/c16-8-2-3-11-5-6-12(19-11)9-15-20(17,18)13-4-1-7-14-10-13/h1,4-7,10,15-16H,8-9H2. The molecule has 2 rings (SSSR count). The van der Waals surface area contributed by atoms with Crippen molar-refractivity contribution in [2.45, 2.75) is 11.4 Å². The summed E-state index contributed by atoms with van der Waals surface area (Å²) in [5, 5.41) is 8.60. The number of nitrogens with zero attached hydrogens (tertiary/aromatic N) is 1. The molecule has 0 aliphatic rings. The molecule has 0 radical (unpaired) electrons. The predicted molar refractivity (Wildman–Crippen MR) is 76.5 cm³/mol. The van der Waals surface area contributed by atoms with Crippen LogP contribution in [-0.4, -0.2) is 25.1 Å². The highest BCUT2D eigenvalue weighted by atomic mass is 32.2. The Morgan fingerprint density at radius 3 is 2.90 bits per heavy atom. The molecule has 5 nitrogen and oxygen atoms in total. The van der Waals surface area contributed by atoms with Crippen molar-refractivity contribution >= 4 is 21.4 Å². The van der Waals surface area contributed by atoms with Gasteiger partial charge in [0.2, 0.25) is 10.0 Å². The number of rotatable bonds is 4. The zero-order valence-electron chi connectivity index (χ0n) is 10.4. The third kappa shape index (κ3) is 3.88. The van der Waals surface area contributed by atoms with Crippen molar-refractivity contribution in [3.63, 3.8) is 0 Å². The van der Waals surface area contributed by atoms with Gasteiger partial charge in [0, 0.05) is 23.8 Å². The van der Waals surface area contributed by atoms with E-state index in [1.165, 1.54) is 29.8 Å². The van der Waals surface area contributed by atoms with Crippen molar-refractivity contribution < 1.29 is 13.5 Å². The highest BCUT2D eigenvalue weighted by molar-refractivity contribution is 7.89. The number of aromatic nitrogens is 1. The summed E-state index contributed by atoms with van der Waals surface area (Å²) < 4.78 is 26.5. The van der Waals surface area contributed by atoms with E-state index in [1.807, 2.05) is 0 Å². The van der Waals surface area contributed by atoms with Gasteiger partial charge < -0.3 is 5.11 Å². The SMILES string of the molecule is O=S(=O)(NCc1ccc(C#CCO)s1)c1cccnc1. The summed E-state index contributed by atoms with van der Waals surface area (Å²) in [6.07, 6.45) is 2.82. The van der Waals surface area contributed by atoms with Crippen LogP contribution >= 0.6 is 11.3 Å². The largest absolute Gasteiger partial charge is 0.384 e. The molecule has 0 aliphatic heterocycles. The van der Waals surface area contributed by atoms with Crippen LogP contribution in [0.15, 0.2) is 41.6 Å². The topological polar surface area (TPSA) is 79.3 Å². The average molecular weight is 308 g/mol. The third-order valence-electron chi connectivity index (χ3n) is 2.33. The molecule has 0 saturated carbocycles. The van der Waals surface area contributed by atoms with Crippen LogP contribution in [-0.2, 0) is 16.6 Å². The Labute approximate surface area is 121 Å². The first-order chi connectivity index (χ1) is 9.62. The van der Waals surface area contributed by atoms with E-state index >= 15 is 0 Å². The van der Waals surface area contributed by atoms with Crippen LogP contribution in [0.4, 0.5) is 0 Å². The molecule has 0 saturated heterocycles. The Bertz CT molecular complexity index is 728. The molecule has 20 heavy (non-hydrogen) atoms. The minimum atomic E-state index is -3.55. The summed E-state index contributed by atoms with van der Waals surface area (Å²) in [5.74, 6) is 5.32. The molecule has 104 valence electrons. The molecule has 2 aromatic heterocycles. The number of sulfonamides is 1. The van der Waals surface area contributed by atoms with E-state index in [9.17, 15) is 8.42 Å². The van der Waals surface area contributed by atoms with Crippen LogP contribution in [0.3, 0.4) is 0 Å². The van der Waals surface area contributed by atoms with Gasteiger partial charge in [-0.05, 0) is 24.3 Å². The first-order valence-corrected chi connectivity index (χ1v) is 8.00. The minimum Gasteiger partial charge on any atom is -0.384 e. The zero-order chi connectivity index (χ0) is 14.4. The van der Waals surface area contributed by atoms with Gasteiger partial charge in [-0.3, -0.25) is 4.98 Å². The first kappa shape index (κ1) is 14.7. The molecule has 2 heterocycles. The van der Waals surface area contributed by atoms with Crippen LogP contribution in [0.25, 0.3) is 0 Å². The molecule has 0 atom stereocenters. The quantitative estimate of drug-likeness (QED) is 0.825. The number of pyridine rings is 1. The molecule has 0 spiro atoms. The van der Waals surface area contributed by atoms with Crippen molar-refractivity contribution in [2.24, 2.45) is 0 Å². The average Bonchev–Trinajstić information content (AvgIpc) is 2.92. The van der Waals surface area contributed by atoms with Gasteiger partial charge in [0.1, 0.15) is 11.5 Å². The van der Waals surface area contributed by atoms with E-state index in [2.05, 4.69) is 21.5 Å². The van der Waals surface area contributed by atoms with Crippen LogP contribution < -0.4 is 4.72 Å². The number of hydrogen-bond acceptors (Lipinski definition) is 5. The second-order valence-electron chi connectivity index (χ2n) is 3.74. The molecule has 0 aromatic carbocycles. The number of aliphatic hydroxyl groups excluding tert-OH is 1. The zero-order valence-corrected chi connectivity index (χ0v) is 12.0. The summed E-state index contributed by atoms with van der Waals surface area (Å²) in [4.78, 5) is 5.55. The Morgan fingerprint density at radius 2 is 2.20 bits per heavy atom. The lowest BCUT2D eigenvalue weighted by Crippen LogP contribution is -2.22. The first-order valence-electron chi connectivity index (χ1n) is 5.70. The van der Waals surface area contributed by atoms with Gasteiger partial charge in [0.15, 0.2) is 0 Å². The Hall–Kier alpha value is -1.72. The van der Waals surface area contributed by atoms with Gasteiger partial charge in [-0.15, -0.1) is 11.3 Å². The van der Waals surface area contributed by atoms with Crippen molar-refractivity contribution in [3.8, 4) is 11.8 Å². The van der Waals surface area contributed by atoms with Gasteiger partial charge in [-0.1, -0.05) is 11.8 Å². The van der Waals surface area contributed by atoms with Crippen molar-refractivity contribution in [3.05, 3.63) is 46.4 Å². The maximum absolute atomic E-state index is 12.0. The molecule has 2 aromatic rings. The Morgan fingerprint density at radius 1 is 1.35 bits per heavy atom. The van der Waals surface area contributed by atoms with Crippen LogP contribution in [0.5, 0.6) is 0 Å². The lowest BCUT2D eigenvalue weighted by Gasteiger charge is -2.04. The molecule has 0 fully saturated rings. The Kier molecular flexibility index (Phi) is 4.87. The number of nitrogens with one attached hydrogen (secondary N) is 1. The van der Waals surface area contributed by atoms with Crippen LogP contribution in [0.1, 0.15) is 9.75 Å². The molecule has 2 N–H and O–H groups in total. The summed E-state index contributed by atoms with van der Waals surface area (Å²) in [5.41, 5.74) is 0. The maximum atomic E-state index is 12.0. The van der Waals surface area contributed by atoms with Gasteiger partial charge in [0.05, 0.1) is 4.88 Å². The van der Waals surface area contributed by atoms with Gasteiger partial charge >= 0.3 is 0 Å². The normalized spacial score (nSPS) is 10.8. The van der Waals surface area contributed by atoms with Gasteiger partial charge in [-0.25, -0.2) is 13.1 Å². The molecule has 0 bridgehead atoms. The molecular weight excluding hydrogens is 296 g/mol. The highest BCUT2D eigenvalue weighted by Gasteiger charge is 2.13. The monoisotopic (exact) mass is 308 g/mol.